The molecule has 1 heterocycles. The molecule has 0 aliphatic carbocycles. The summed E-state index contributed by atoms with van der Waals surface area (Å²) in [4.78, 5) is 10.0. The number of hydrogen-bond donors (Lipinski definition) is 0. The van der Waals surface area contributed by atoms with Gasteiger partial charge in [0.15, 0.2) is 6.29 Å². The Balaban J connectivity index is 2.70. The zero-order chi connectivity index (χ0) is 6.69. The molecule has 0 radical (unpaired) electrons. The summed E-state index contributed by atoms with van der Waals surface area (Å²) < 4.78 is 0. The molecule has 0 unspecified atom stereocenters. The van der Waals surface area contributed by atoms with E-state index in [9.17, 15) is 10.0 Å². The Kier molecular flexibility index (Phi) is 1.65. The molecule has 0 saturated heterocycles. The number of carbonyl (C=O) groups excluding carboxylic acids is 1. The molecular formula is C6H6NO2-. The van der Waals surface area contributed by atoms with Gasteiger partial charge in [0.2, 0.25) is 0 Å². The van der Waals surface area contributed by atoms with E-state index in [1.54, 1.807) is 12.2 Å². The van der Waals surface area contributed by atoms with E-state index in [-0.39, 0.29) is 0 Å². The minimum atomic E-state index is 0.345. The van der Waals surface area contributed by atoms with E-state index in [1.807, 2.05) is 0 Å². The van der Waals surface area contributed by atoms with Crippen molar-refractivity contribution in [1.82, 2.24) is 5.06 Å². The molecular weight excluding hydrogens is 118 g/mol. The Morgan fingerprint density at radius 2 is 2.56 bits per heavy atom. The van der Waals surface area contributed by atoms with Crippen LogP contribution in [0.1, 0.15) is 0 Å². The van der Waals surface area contributed by atoms with Gasteiger partial charge in [-0.2, -0.15) is 0 Å². The summed E-state index contributed by atoms with van der Waals surface area (Å²) in [7, 11) is 0. The lowest BCUT2D eigenvalue weighted by Crippen LogP contribution is -2.12. The number of carbonyl (C=O) groups is 1. The maximum absolute atomic E-state index is 10.5. The fourth-order valence-electron chi connectivity index (χ4n) is 0.624. The van der Waals surface area contributed by atoms with Crippen molar-refractivity contribution in [2.24, 2.45) is 0 Å². The molecule has 1 rings (SSSR count). The molecule has 0 aromatic rings. The first kappa shape index (κ1) is 6.04. The summed E-state index contributed by atoms with van der Waals surface area (Å²) in [6, 6.07) is 0. The third-order valence-corrected chi connectivity index (χ3v) is 1.02. The Bertz CT molecular complexity index is 172. The third kappa shape index (κ3) is 1.40. The first-order valence-electron chi connectivity index (χ1n) is 2.60. The van der Waals surface area contributed by atoms with Gasteiger partial charge in [0.25, 0.3) is 0 Å². The largest absolute Gasteiger partial charge is 0.758 e. The van der Waals surface area contributed by atoms with Crippen LogP contribution in [0.5, 0.6) is 0 Å². The Hall–Kier alpha value is -1.09. The third-order valence-electron chi connectivity index (χ3n) is 1.02. The van der Waals surface area contributed by atoms with Gasteiger partial charge < -0.3 is 10.3 Å². The van der Waals surface area contributed by atoms with Crippen molar-refractivity contribution >= 4 is 6.29 Å². The number of aldehydes is 1. The molecule has 0 spiro atoms. The molecule has 1 aliphatic heterocycles. The number of hydroxylamine groups is 2. The molecule has 0 saturated carbocycles. The lowest BCUT2D eigenvalue weighted by atomic mass is 10.2. The van der Waals surface area contributed by atoms with Crippen molar-refractivity contribution in [1.29, 1.82) is 0 Å². The first-order chi connectivity index (χ1) is 4.33. The molecule has 1 aliphatic rings. The summed E-state index contributed by atoms with van der Waals surface area (Å²) in [6.07, 6.45) is 5.20. The molecule has 9 heavy (non-hydrogen) atoms. The second kappa shape index (κ2) is 2.46. The molecule has 48 valence electrons. The van der Waals surface area contributed by atoms with Gasteiger partial charge in [0, 0.05) is 12.1 Å². The lowest BCUT2D eigenvalue weighted by molar-refractivity contribution is -0.104. The number of allylic oxidation sites excluding steroid dienone is 2. The van der Waals surface area contributed by atoms with Gasteiger partial charge in [-0.1, -0.05) is 12.2 Å². The Morgan fingerprint density at radius 1 is 1.78 bits per heavy atom. The molecule has 3 heteroatoms. The van der Waals surface area contributed by atoms with Gasteiger partial charge in [0.05, 0.1) is 0 Å². The van der Waals surface area contributed by atoms with Crippen molar-refractivity contribution in [2.45, 2.75) is 0 Å². The second-order valence-corrected chi connectivity index (χ2v) is 1.75. The SMILES string of the molecule is O=CC1=CN([O-])CC=C1. The van der Waals surface area contributed by atoms with Gasteiger partial charge in [-0.05, 0) is 6.20 Å². The van der Waals surface area contributed by atoms with Gasteiger partial charge in [-0.15, -0.1) is 0 Å². The van der Waals surface area contributed by atoms with Crippen LogP contribution in [0.3, 0.4) is 0 Å². The zero-order valence-electron chi connectivity index (χ0n) is 4.78. The van der Waals surface area contributed by atoms with E-state index in [1.165, 1.54) is 6.20 Å². The van der Waals surface area contributed by atoms with Crippen molar-refractivity contribution in [3.63, 3.8) is 0 Å². The predicted molar refractivity (Wildman–Crippen MR) is 33.4 cm³/mol. The Labute approximate surface area is 52.8 Å². The van der Waals surface area contributed by atoms with Crippen LogP contribution in [-0.4, -0.2) is 17.9 Å². The molecule has 0 aromatic carbocycles. The van der Waals surface area contributed by atoms with Gasteiger partial charge >= 0.3 is 0 Å². The fraction of sp³-hybridized carbons (Fsp3) is 0.167. The van der Waals surface area contributed by atoms with E-state index >= 15 is 0 Å². The van der Waals surface area contributed by atoms with Crippen molar-refractivity contribution in [3.8, 4) is 0 Å². The van der Waals surface area contributed by atoms with Crippen LogP contribution in [0.15, 0.2) is 23.9 Å². The normalized spacial score (nSPS) is 17.4. The monoisotopic (exact) mass is 124 g/mol. The average molecular weight is 124 g/mol. The maximum atomic E-state index is 10.5. The van der Waals surface area contributed by atoms with Crippen LogP contribution in [0.25, 0.3) is 0 Å². The van der Waals surface area contributed by atoms with Crippen LogP contribution >= 0.6 is 0 Å². The molecule has 0 N–H and O–H groups in total. The lowest BCUT2D eigenvalue weighted by Gasteiger charge is -2.26. The highest BCUT2D eigenvalue weighted by Gasteiger charge is 1.93. The minimum absolute atomic E-state index is 0.345. The van der Waals surface area contributed by atoms with Crippen molar-refractivity contribution < 1.29 is 4.79 Å². The van der Waals surface area contributed by atoms with Gasteiger partial charge in [0.1, 0.15) is 0 Å². The predicted octanol–water partition coefficient (Wildman–Crippen LogP) is 0.439. The fourth-order valence-corrected chi connectivity index (χ4v) is 0.624. The smallest absolute Gasteiger partial charge is 0.151 e. The van der Waals surface area contributed by atoms with Gasteiger partial charge in [-0.25, -0.2) is 0 Å². The molecule has 0 fully saturated rings. The van der Waals surface area contributed by atoms with E-state index in [2.05, 4.69) is 0 Å². The summed E-state index contributed by atoms with van der Waals surface area (Å²) in [5, 5.41) is 11.2. The van der Waals surface area contributed by atoms with Crippen molar-refractivity contribution in [3.05, 3.63) is 29.1 Å². The Morgan fingerprint density at radius 3 is 3.00 bits per heavy atom. The van der Waals surface area contributed by atoms with E-state index in [0.29, 0.717) is 23.5 Å². The highest BCUT2D eigenvalue weighted by molar-refractivity contribution is 5.77. The molecule has 3 nitrogen and oxygen atoms in total. The molecule has 0 atom stereocenters. The van der Waals surface area contributed by atoms with Crippen LogP contribution < -0.4 is 0 Å². The summed E-state index contributed by atoms with van der Waals surface area (Å²) in [5.74, 6) is 0. The number of hydrogen-bond acceptors (Lipinski definition) is 3. The highest BCUT2D eigenvalue weighted by Crippen LogP contribution is 2.02. The van der Waals surface area contributed by atoms with E-state index in [4.69, 9.17) is 0 Å². The average Bonchev–Trinajstić information content (AvgIpc) is 1.88. The zero-order valence-corrected chi connectivity index (χ0v) is 4.78. The second-order valence-electron chi connectivity index (χ2n) is 1.75. The van der Waals surface area contributed by atoms with E-state index < -0.39 is 0 Å². The van der Waals surface area contributed by atoms with Crippen LogP contribution in [0.4, 0.5) is 0 Å². The summed E-state index contributed by atoms with van der Waals surface area (Å²) in [5.41, 5.74) is 0.427. The van der Waals surface area contributed by atoms with Crippen LogP contribution in [0, 0.1) is 5.21 Å². The number of rotatable bonds is 1. The standard InChI is InChI=1S/C6H6NO2/c8-5-6-2-1-3-7(9)4-6/h1-2,4-5H,3H2/q-1. The summed E-state index contributed by atoms with van der Waals surface area (Å²) >= 11 is 0. The highest BCUT2D eigenvalue weighted by atomic mass is 16.5. The van der Waals surface area contributed by atoms with Crippen LogP contribution in [-0.2, 0) is 4.79 Å². The topological polar surface area (TPSA) is 43.4 Å². The molecule has 0 amide bonds. The minimum Gasteiger partial charge on any atom is -0.758 e. The van der Waals surface area contributed by atoms with Crippen molar-refractivity contribution in [2.75, 3.05) is 6.54 Å². The summed E-state index contributed by atoms with van der Waals surface area (Å²) in [6.45, 7) is 0.345. The maximum Gasteiger partial charge on any atom is 0.151 e. The quantitative estimate of drug-likeness (QED) is 0.476. The molecule has 0 aromatic heterocycles. The molecule has 0 bridgehead atoms. The first-order valence-corrected chi connectivity index (χ1v) is 2.60. The number of nitrogens with zero attached hydrogens (tertiary/aromatic N) is 1. The van der Waals surface area contributed by atoms with Crippen LogP contribution in [0.2, 0.25) is 0 Å². The van der Waals surface area contributed by atoms with E-state index in [0.717, 1.165) is 0 Å². The van der Waals surface area contributed by atoms with Gasteiger partial charge in [-0.3, -0.25) is 4.79 Å².